The molecule has 0 spiro atoms. The van der Waals surface area contributed by atoms with Crippen molar-refractivity contribution in [1.29, 1.82) is 0 Å². The first-order chi connectivity index (χ1) is 8.45. The fraction of sp³-hybridized carbons (Fsp3) is 0.533. The number of nitrogens with two attached hydrogens (primary N) is 1. The van der Waals surface area contributed by atoms with Crippen LogP contribution in [0.1, 0.15) is 44.9 Å². The Morgan fingerprint density at radius 1 is 1.21 bits per heavy atom. The number of carbonyl (C=O) groups is 1. The Morgan fingerprint density at radius 3 is 2.11 bits per heavy atom. The first-order valence-corrected chi connectivity index (χ1v) is 6.60. The molecule has 0 bridgehead atoms. The molecular formula is C15H25ClN2O. The van der Waals surface area contributed by atoms with E-state index < -0.39 is 6.04 Å². The summed E-state index contributed by atoms with van der Waals surface area (Å²) in [5.41, 5.74) is 8.04. The third kappa shape index (κ3) is 5.21. The summed E-state index contributed by atoms with van der Waals surface area (Å²) in [5.74, 6) is 0.230. The van der Waals surface area contributed by atoms with E-state index in [0.29, 0.717) is 5.92 Å². The lowest BCUT2D eigenvalue weighted by atomic mass is 9.94. The van der Waals surface area contributed by atoms with Gasteiger partial charge in [-0.3, -0.25) is 4.79 Å². The average Bonchev–Trinajstić information content (AvgIpc) is 2.35. The summed E-state index contributed by atoms with van der Waals surface area (Å²) in [7, 11) is 0. The number of benzene rings is 1. The van der Waals surface area contributed by atoms with Gasteiger partial charge in [0.25, 0.3) is 0 Å². The van der Waals surface area contributed by atoms with Gasteiger partial charge in [0.2, 0.25) is 5.91 Å². The van der Waals surface area contributed by atoms with Gasteiger partial charge in [-0.25, -0.2) is 0 Å². The molecule has 3 nitrogen and oxygen atoms in total. The Morgan fingerprint density at radius 2 is 1.74 bits per heavy atom. The Labute approximate surface area is 122 Å². The summed E-state index contributed by atoms with van der Waals surface area (Å²) in [4.78, 5) is 11.7. The van der Waals surface area contributed by atoms with E-state index in [1.165, 1.54) is 5.56 Å². The Kier molecular flexibility index (Phi) is 7.72. The van der Waals surface area contributed by atoms with Gasteiger partial charge in [0, 0.05) is 0 Å². The van der Waals surface area contributed by atoms with E-state index in [2.05, 4.69) is 50.4 Å². The molecule has 0 aliphatic rings. The van der Waals surface area contributed by atoms with Crippen LogP contribution in [0.25, 0.3) is 0 Å². The summed E-state index contributed by atoms with van der Waals surface area (Å²) >= 11 is 0. The normalized spacial score (nSPS) is 13.6. The predicted octanol–water partition coefficient (Wildman–Crippen LogP) is 2.83. The zero-order chi connectivity index (χ0) is 13.7. The van der Waals surface area contributed by atoms with Crippen molar-refractivity contribution in [1.82, 2.24) is 5.32 Å². The van der Waals surface area contributed by atoms with Gasteiger partial charge in [0.1, 0.15) is 0 Å². The SMILES string of the molecule is CCc1ccc(C(NC(=O)[C@H](C)N)C(C)C)cc1.Cl. The largest absolute Gasteiger partial charge is 0.348 e. The number of nitrogens with one attached hydrogen (secondary N) is 1. The van der Waals surface area contributed by atoms with Crippen molar-refractivity contribution in [2.45, 2.75) is 46.2 Å². The number of rotatable bonds is 5. The van der Waals surface area contributed by atoms with E-state index in [1.807, 2.05) is 0 Å². The molecule has 108 valence electrons. The maximum absolute atomic E-state index is 11.7. The highest BCUT2D eigenvalue weighted by molar-refractivity contribution is 5.85. The van der Waals surface area contributed by atoms with E-state index in [9.17, 15) is 4.79 Å². The lowest BCUT2D eigenvalue weighted by Gasteiger charge is -2.24. The quantitative estimate of drug-likeness (QED) is 0.873. The second-order valence-electron chi connectivity index (χ2n) is 5.11. The molecule has 1 aromatic carbocycles. The van der Waals surface area contributed by atoms with Crippen LogP contribution < -0.4 is 11.1 Å². The average molecular weight is 285 g/mol. The highest BCUT2D eigenvalue weighted by Gasteiger charge is 2.19. The molecule has 0 fully saturated rings. The van der Waals surface area contributed by atoms with Crippen molar-refractivity contribution in [3.05, 3.63) is 35.4 Å². The van der Waals surface area contributed by atoms with Crippen LogP contribution in [0.4, 0.5) is 0 Å². The molecule has 0 aromatic heterocycles. The molecule has 0 radical (unpaired) electrons. The summed E-state index contributed by atoms with van der Waals surface area (Å²) in [6.07, 6.45) is 1.03. The number of aryl methyl sites for hydroxylation is 1. The second kappa shape index (κ2) is 8.18. The number of hydrogen-bond acceptors (Lipinski definition) is 2. The van der Waals surface area contributed by atoms with E-state index in [-0.39, 0.29) is 24.4 Å². The maximum atomic E-state index is 11.7. The molecule has 3 N–H and O–H groups in total. The predicted molar refractivity (Wildman–Crippen MR) is 82.4 cm³/mol. The van der Waals surface area contributed by atoms with E-state index in [4.69, 9.17) is 5.73 Å². The summed E-state index contributed by atoms with van der Waals surface area (Å²) in [6, 6.07) is 7.96. The van der Waals surface area contributed by atoms with Crippen LogP contribution in [-0.2, 0) is 11.2 Å². The van der Waals surface area contributed by atoms with Gasteiger partial charge in [-0.1, -0.05) is 45.0 Å². The van der Waals surface area contributed by atoms with Gasteiger partial charge in [0.05, 0.1) is 12.1 Å². The third-order valence-electron chi connectivity index (χ3n) is 3.13. The van der Waals surface area contributed by atoms with E-state index in [0.717, 1.165) is 12.0 Å². The summed E-state index contributed by atoms with van der Waals surface area (Å²) in [6.45, 7) is 8.03. The van der Waals surface area contributed by atoms with Crippen molar-refractivity contribution in [3.8, 4) is 0 Å². The van der Waals surface area contributed by atoms with E-state index >= 15 is 0 Å². The molecule has 2 atom stereocenters. The van der Waals surface area contributed by atoms with Gasteiger partial charge < -0.3 is 11.1 Å². The molecule has 0 aliphatic carbocycles. The molecular weight excluding hydrogens is 260 g/mol. The highest BCUT2D eigenvalue weighted by Crippen LogP contribution is 2.22. The molecule has 1 unspecified atom stereocenters. The topological polar surface area (TPSA) is 55.1 Å². The number of carbonyl (C=O) groups excluding carboxylic acids is 1. The molecule has 0 saturated heterocycles. The van der Waals surface area contributed by atoms with Crippen LogP contribution in [0.15, 0.2) is 24.3 Å². The van der Waals surface area contributed by atoms with Crippen molar-refractivity contribution in [2.24, 2.45) is 11.7 Å². The number of hydrogen-bond donors (Lipinski definition) is 2. The van der Waals surface area contributed by atoms with Crippen molar-refractivity contribution in [3.63, 3.8) is 0 Å². The minimum Gasteiger partial charge on any atom is -0.348 e. The third-order valence-corrected chi connectivity index (χ3v) is 3.13. The number of halogens is 1. The van der Waals surface area contributed by atoms with Gasteiger partial charge in [-0.15, -0.1) is 12.4 Å². The molecule has 1 amide bonds. The summed E-state index contributed by atoms with van der Waals surface area (Å²) < 4.78 is 0. The van der Waals surface area contributed by atoms with Crippen molar-refractivity contribution in [2.75, 3.05) is 0 Å². The van der Waals surface area contributed by atoms with Crippen LogP contribution in [0.2, 0.25) is 0 Å². The van der Waals surface area contributed by atoms with Gasteiger partial charge >= 0.3 is 0 Å². The van der Waals surface area contributed by atoms with Crippen LogP contribution in [0, 0.1) is 5.92 Å². The lowest BCUT2D eigenvalue weighted by Crippen LogP contribution is -2.41. The fourth-order valence-corrected chi connectivity index (χ4v) is 1.88. The molecule has 0 aliphatic heterocycles. The smallest absolute Gasteiger partial charge is 0.237 e. The van der Waals surface area contributed by atoms with Crippen LogP contribution in [-0.4, -0.2) is 11.9 Å². The molecule has 0 saturated carbocycles. The van der Waals surface area contributed by atoms with Crippen LogP contribution in [0.3, 0.4) is 0 Å². The lowest BCUT2D eigenvalue weighted by molar-refractivity contribution is -0.123. The second-order valence-corrected chi connectivity index (χ2v) is 5.11. The first-order valence-electron chi connectivity index (χ1n) is 6.60. The van der Waals surface area contributed by atoms with Crippen LogP contribution in [0.5, 0.6) is 0 Å². The van der Waals surface area contributed by atoms with Crippen LogP contribution >= 0.6 is 12.4 Å². The Balaban J connectivity index is 0.00000324. The maximum Gasteiger partial charge on any atom is 0.237 e. The van der Waals surface area contributed by atoms with Crippen molar-refractivity contribution >= 4 is 18.3 Å². The minimum absolute atomic E-state index is 0. The zero-order valence-corrected chi connectivity index (χ0v) is 13.0. The fourth-order valence-electron chi connectivity index (χ4n) is 1.88. The zero-order valence-electron chi connectivity index (χ0n) is 12.1. The van der Waals surface area contributed by atoms with Gasteiger partial charge in [0.15, 0.2) is 0 Å². The van der Waals surface area contributed by atoms with E-state index in [1.54, 1.807) is 6.92 Å². The molecule has 19 heavy (non-hydrogen) atoms. The molecule has 4 heteroatoms. The molecule has 1 aromatic rings. The highest BCUT2D eigenvalue weighted by atomic mass is 35.5. The minimum atomic E-state index is -0.471. The monoisotopic (exact) mass is 284 g/mol. The number of amides is 1. The van der Waals surface area contributed by atoms with Gasteiger partial charge in [-0.2, -0.15) is 0 Å². The first kappa shape index (κ1) is 17.9. The Bertz CT molecular complexity index is 388. The molecule has 0 heterocycles. The Hall–Kier alpha value is -1.06. The van der Waals surface area contributed by atoms with Gasteiger partial charge in [-0.05, 0) is 30.4 Å². The summed E-state index contributed by atoms with van der Waals surface area (Å²) in [5, 5.41) is 3.01. The van der Waals surface area contributed by atoms with Crippen molar-refractivity contribution < 1.29 is 4.79 Å². The standard InChI is InChI=1S/C15H24N2O.ClH/c1-5-12-6-8-13(9-7-12)14(10(2)3)17-15(18)11(4)16;/h6-11,14H,5,16H2,1-4H3,(H,17,18);1H/t11-,14?;/m0./s1. The molecule has 1 rings (SSSR count).